The maximum atomic E-state index is 9.34. The predicted octanol–water partition coefficient (Wildman–Crippen LogP) is 2.77. The van der Waals surface area contributed by atoms with Crippen molar-refractivity contribution in [3.63, 3.8) is 0 Å². The zero-order valence-electron chi connectivity index (χ0n) is 9.42. The van der Waals surface area contributed by atoms with E-state index < -0.39 is 5.60 Å². The van der Waals surface area contributed by atoms with E-state index in [0.717, 1.165) is 31.4 Å². The Bertz CT molecular complexity index is 320. The van der Waals surface area contributed by atoms with Crippen LogP contribution in [0.5, 0.6) is 0 Å². The van der Waals surface area contributed by atoms with Crippen molar-refractivity contribution in [3.8, 4) is 11.8 Å². The third-order valence-corrected chi connectivity index (χ3v) is 1.95. The van der Waals surface area contributed by atoms with Gasteiger partial charge in [-0.25, -0.2) is 0 Å². The van der Waals surface area contributed by atoms with Gasteiger partial charge >= 0.3 is 0 Å². The smallest absolute Gasteiger partial charge is 0.119 e. The molecule has 0 saturated heterocycles. The molecule has 0 aliphatic rings. The van der Waals surface area contributed by atoms with E-state index in [1.807, 2.05) is 12.1 Å². The van der Waals surface area contributed by atoms with Gasteiger partial charge in [0, 0.05) is 12.8 Å². The lowest BCUT2D eigenvalue weighted by Gasteiger charge is -2.05. The number of furan rings is 1. The van der Waals surface area contributed by atoms with Crippen LogP contribution in [0.4, 0.5) is 0 Å². The first kappa shape index (κ1) is 11.9. The van der Waals surface area contributed by atoms with Crippen LogP contribution in [0.15, 0.2) is 22.8 Å². The molecule has 0 saturated carbocycles. The highest BCUT2D eigenvalue weighted by Gasteiger charge is 2.04. The van der Waals surface area contributed by atoms with Crippen LogP contribution in [0.25, 0.3) is 0 Å². The molecule has 0 bridgehead atoms. The second-order valence-electron chi connectivity index (χ2n) is 4.15. The summed E-state index contributed by atoms with van der Waals surface area (Å²) in [4.78, 5) is 0. The number of aliphatic hydroxyl groups is 1. The second kappa shape index (κ2) is 5.63. The fourth-order valence-electron chi connectivity index (χ4n) is 1.25. The normalized spacial score (nSPS) is 10.9. The zero-order valence-corrected chi connectivity index (χ0v) is 9.42. The fourth-order valence-corrected chi connectivity index (χ4v) is 1.25. The zero-order chi connectivity index (χ0) is 11.1. The lowest BCUT2D eigenvalue weighted by molar-refractivity contribution is 0.143. The van der Waals surface area contributed by atoms with Gasteiger partial charge in [-0.2, -0.15) is 0 Å². The first-order chi connectivity index (χ1) is 7.08. The molecule has 2 nitrogen and oxygen atoms in total. The average Bonchev–Trinajstić information content (AvgIpc) is 2.61. The third-order valence-electron chi connectivity index (χ3n) is 1.95. The fraction of sp³-hybridized carbons (Fsp3) is 0.538. The van der Waals surface area contributed by atoms with Crippen LogP contribution in [0.2, 0.25) is 0 Å². The molecule has 0 spiro atoms. The summed E-state index contributed by atoms with van der Waals surface area (Å²) in [5.74, 6) is 6.81. The van der Waals surface area contributed by atoms with Gasteiger partial charge in [0.2, 0.25) is 0 Å². The van der Waals surface area contributed by atoms with E-state index in [4.69, 9.17) is 4.42 Å². The molecule has 0 aliphatic heterocycles. The number of hydrogen-bond acceptors (Lipinski definition) is 2. The number of unbranched alkanes of at least 4 members (excludes halogenated alkanes) is 2. The molecule has 1 heterocycles. The molecule has 2 heteroatoms. The molecule has 0 fully saturated rings. The van der Waals surface area contributed by atoms with Crippen molar-refractivity contribution in [1.29, 1.82) is 0 Å². The van der Waals surface area contributed by atoms with E-state index >= 15 is 0 Å². The van der Waals surface area contributed by atoms with Crippen molar-refractivity contribution in [3.05, 3.63) is 24.2 Å². The van der Waals surface area contributed by atoms with Crippen LogP contribution in [0.3, 0.4) is 0 Å². The topological polar surface area (TPSA) is 33.4 Å². The van der Waals surface area contributed by atoms with Gasteiger partial charge in [-0.3, -0.25) is 0 Å². The Morgan fingerprint density at radius 3 is 2.80 bits per heavy atom. The van der Waals surface area contributed by atoms with E-state index in [9.17, 15) is 5.11 Å². The summed E-state index contributed by atoms with van der Waals surface area (Å²) in [5, 5.41) is 9.34. The Balaban J connectivity index is 2.09. The van der Waals surface area contributed by atoms with Gasteiger partial charge in [0.1, 0.15) is 11.4 Å². The SMILES string of the molecule is CC(C)(O)C#CCCCCc1ccco1. The van der Waals surface area contributed by atoms with E-state index in [0.29, 0.717) is 0 Å². The van der Waals surface area contributed by atoms with E-state index in [1.54, 1.807) is 20.1 Å². The van der Waals surface area contributed by atoms with Crippen LogP contribution < -0.4 is 0 Å². The standard InChI is InChI=1S/C13H18O2/c1-13(2,14)10-6-4-3-5-8-12-9-7-11-15-12/h7,9,11,14H,3-5,8H2,1-2H3. The maximum absolute atomic E-state index is 9.34. The Labute approximate surface area is 91.3 Å². The lowest BCUT2D eigenvalue weighted by atomic mass is 10.1. The van der Waals surface area contributed by atoms with Crippen LogP contribution >= 0.6 is 0 Å². The molecule has 0 radical (unpaired) electrons. The van der Waals surface area contributed by atoms with Crippen molar-refractivity contribution < 1.29 is 9.52 Å². The van der Waals surface area contributed by atoms with Crippen LogP contribution in [-0.4, -0.2) is 10.7 Å². The lowest BCUT2D eigenvalue weighted by Crippen LogP contribution is -2.14. The molecule has 1 rings (SSSR count). The van der Waals surface area contributed by atoms with Crippen molar-refractivity contribution in [2.75, 3.05) is 0 Å². The van der Waals surface area contributed by atoms with Gasteiger partial charge in [-0.15, -0.1) is 5.92 Å². The molecule has 0 atom stereocenters. The van der Waals surface area contributed by atoms with E-state index in [1.165, 1.54) is 0 Å². The molecule has 1 aromatic rings. The minimum atomic E-state index is -0.860. The monoisotopic (exact) mass is 206 g/mol. The van der Waals surface area contributed by atoms with Gasteiger partial charge in [-0.1, -0.05) is 5.92 Å². The van der Waals surface area contributed by atoms with Gasteiger partial charge < -0.3 is 9.52 Å². The summed E-state index contributed by atoms with van der Waals surface area (Å²) >= 11 is 0. The first-order valence-electron chi connectivity index (χ1n) is 5.33. The highest BCUT2D eigenvalue weighted by Crippen LogP contribution is 2.06. The summed E-state index contributed by atoms with van der Waals surface area (Å²) in [6.45, 7) is 3.39. The third kappa shape index (κ3) is 5.98. The minimum absolute atomic E-state index is 0.838. The summed E-state index contributed by atoms with van der Waals surface area (Å²) < 4.78 is 5.22. The Kier molecular flexibility index (Phi) is 4.45. The predicted molar refractivity (Wildman–Crippen MR) is 60.3 cm³/mol. The molecule has 0 aliphatic carbocycles. The summed E-state index contributed by atoms with van der Waals surface area (Å²) in [6.07, 6.45) is 5.63. The Hall–Kier alpha value is -1.20. The second-order valence-corrected chi connectivity index (χ2v) is 4.15. The largest absolute Gasteiger partial charge is 0.469 e. The average molecular weight is 206 g/mol. The Morgan fingerprint density at radius 1 is 1.40 bits per heavy atom. The molecular formula is C13H18O2. The maximum Gasteiger partial charge on any atom is 0.119 e. The van der Waals surface area contributed by atoms with Crippen LogP contribution in [-0.2, 0) is 6.42 Å². The molecule has 0 unspecified atom stereocenters. The molecule has 82 valence electrons. The van der Waals surface area contributed by atoms with Gasteiger partial charge in [0.25, 0.3) is 0 Å². The van der Waals surface area contributed by atoms with Crippen LogP contribution in [0, 0.1) is 11.8 Å². The van der Waals surface area contributed by atoms with Crippen molar-refractivity contribution >= 4 is 0 Å². The molecule has 0 aromatic carbocycles. The van der Waals surface area contributed by atoms with Gasteiger partial charge in [0.05, 0.1) is 6.26 Å². The molecule has 0 amide bonds. The van der Waals surface area contributed by atoms with Gasteiger partial charge in [0.15, 0.2) is 0 Å². The number of rotatable bonds is 4. The summed E-state index contributed by atoms with van der Waals surface area (Å²) in [6, 6.07) is 3.89. The quantitative estimate of drug-likeness (QED) is 0.607. The highest BCUT2D eigenvalue weighted by atomic mass is 16.3. The minimum Gasteiger partial charge on any atom is -0.469 e. The molecule has 1 aromatic heterocycles. The van der Waals surface area contributed by atoms with Crippen molar-refractivity contribution in [1.82, 2.24) is 0 Å². The molecule has 15 heavy (non-hydrogen) atoms. The number of hydrogen-bond donors (Lipinski definition) is 1. The van der Waals surface area contributed by atoms with Crippen molar-refractivity contribution in [2.24, 2.45) is 0 Å². The highest BCUT2D eigenvalue weighted by molar-refractivity contribution is 5.09. The summed E-state index contributed by atoms with van der Waals surface area (Å²) in [7, 11) is 0. The Morgan fingerprint density at radius 2 is 2.20 bits per heavy atom. The van der Waals surface area contributed by atoms with Crippen LogP contribution in [0.1, 0.15) is 38.9 Å². The summed E-state index contributed by atoms with van der Waals surface area (Å²) in [5.41, 5.74) is -0.860. The molecule has 1 N–H and O–H groups in total. The van der Waals surface area contributed by atoms with Crippen molar-refractivity contribution in [2.45, 2.75) is 45.1 Å². The molecular weight excluding hydrogens is 188 g/mol. The number of aryl methyl sites for hydroxylation is 1. The van der Waals surface area contributed by atoms with Gasteiger partial charge in [-0.05, 0) is 38.8 Å². The van der Waals surface area contributed by atoms with E-state index in [-0.39, 0.29) is 0 Å². The van der Waals surface area contributed by atoms with E-state index in [2.05, 4.69) is 11.8 Å². The first-order valence-corrected chi connectivity index (χ1v) is 5.33.